The second kappa shape index (κ2) is 7.19. The molecule has 1 saturated heterocycles. The summed E-state index contributed by atoms with van der Waals surface area (Å²) >= 11 is 0. The van der Waals surface area contributed by atoms with E-state index < -0.39 is 5.60 Å². The highest BCUT2D eigenvalue weighted by Crippen LogP contribution is 2.36. The van der Waals surface area contributed by atoms with Crippen LogP contribution in [0.15, 0.2) is 48.5 Å². The van der Waals surface area contributed by atoms with Crippen LogP contribution in [-0.2, 0) is 11.3 Å². The van der Waals surface area contributed by atoms with Crippen molar-refractivity contribution in [2.45, 2.75) is 38.9 Å². The number of ether oxygens (including phenoxy) is 2. The maximum absolute atomic E-state index is 12.2. The van der Waals surface area contributed by atoms with Gasteiger partial charge in [-0.15, -0.1) is 0 Å². The zero-order valence-corrected chi connectivity index (χ0v) is 16.4. The normalized spacial score (nSPS) is 14.8. The van der Waals surface area contributed by atoms with Crippen molar-refractivity contribution in [1.29, 1.82) is 0 Å². The molecule has 3 aromatic rings. The summed E-state index contributed by atoms with van der Waals surface area (Å²) in [6, 6.07) is 16.0. The van der Waals surface area contributed by atoms with Crippen LogP contribution in [0.2, 0.25) is 0 Å². The lowest BCUT2D eigenvalue weighted by atomic mass is 9.94. The van der Waals surface area contributed by atoms with Gasteiger partial charge in [-0.1, -0.05) is 36.4 Å². The molecule has 0 aliphatic carbocycles. The van der Waals surface area contributed by atoms with Gasteiger partial charge in [-0.3, -0.25) is 5.10 Å². The molecule has 1 aromatic heterocycles. The first-order valence-corrected chi connectivity index (χ1v) is 9.52. The van der Waals surface area contributed by atoms with Gasteiger partial charge in [0.15, 0.2) is 0 Å². The monoisotopic (exact) mass is 379 g/mol. The van der Waals surface area contributed by atoms with Gasteiger partial charge in [0.25, 0.3) is 0 Å². The molecule has 1 aliphatic heterocycles. The van der Waals surface area contributed by atoms with E-state index in [2.05, 4.69) is 10.2 Å². The van der Waals surface area contributed by atoms with Crippen molar-refractivity contribution >= 4 is 17.0 Å². The van der Waals surface area contributed by atoms with Gasteiger partial charge in [0.05, 0.1) is 16.6 Å². The maximum Gasteiger partial charge on any atom is 0.410 e. The third-order valence-electron chi connectivity index (χ3n) is 4.75. The Balaban J connectivity index is 1.49. The molecular formula is C22H25N3O3. The number of likely N-dealkylation sites (tertiary alicyclic amines) is 1. The van der Waals surface area contributed by atoms with E-state index in [0.29, 0.717) is 19.7 Å². The molecule has 0 unspecified atom stereocenters. The Bertz CT molecular complexity index is 970. The second-order valence-electron chi connectivity index (χ2n) is 8.14. The molecule has 2 heterocycles. The summed E-state index contributed by atoms with van der Waals surface area (Å²) in [6.45, 7) is 7.35. The summed E-state index contributed by atoms with van der Waals surface area (Å²) in [7, 11) is 0. The summed E-state index contributed by atoms with van der Waals surface area (Å²) in [4.78, 5) is 13.9. The molecular weight excluding hydrogens is 354 g/mol. The highest BCUT2D eigenvalue weighted by molar-refractivity contribution is 5.88. The molecule has 0 radical (unpaired) electrons. The van der Waals surface area contributed by atoms with Gasteiger partial charge in [-0.05, 0) is 38.5 Å². The summed E-state index contributed by atoms with van der Waals surface area (Å²) in [5.74, 6) is 1.000. The molecule has 1 amide bonds. The first-order chi connectivity index (χ1) is 13.4. The molecule has 0 saturated carbocycles. The number of nitrogens with one attached hydrogen (secondary N) is 1. The van der Waals surface area contributed by atoms with E-state index in [0.717, 1.165) is 27.9 Å². The average molecular weight is 379 g/mol. The third kappa shape index (κ3) is 3.81. The first kappa shape index (κ1) is 18.3. The zero-order valence-electron chi connectivity index (χ0n) is 16.4. The van der Waals surface area contributed by atoms with E-state index in [1.54, 1.807) is 4.90 Å². The fraction of sp³-hybridized carbons (Fsp3) is 0.364. The van der Waals surface area contributed by atoms with Crippen molar-refractivity contribution in [3.05, 3.63) is 59.8 Å². The van der Waals surface area contributed by atoms with Crippen LogP contribution in [0.4, 0.5) is 4.79 Å². The highest BCUT2D eigenvalue weighted by atomic mass is 16.6. The van der Waals surface area contributed by atoms with Crippen LogP contribution >= 0.6 is 0 Å². The minimum absolute atomic E-state index is 0.194. The number of rotatable bonds is 4. The van der Waals surface area contributed by atoms with Crippen molar-refractivity contribution in [3.63, 3.8) is 0 Å². The van der Waals surface area contributed by atoms with Crippen molar-refractivity contribution in [1.82, 2.24) is 15.1 Å². The van der Waals surface area contributed by atoms with E-state index in [-0.39, 0.29) is 12.0 Å². The number of nitrogens with zero attached hydrogens (tertiary/aromatic N) is 2. The van der Waals surface area contributed by atoms with Crippen LogP contribution in [0.25, 0.3) is 10.9 Å². The summed E-state index contributed by atoms with van der Waals surface area (Å²) in [5, 5.41) is 8.57. The lowest BCUT2D eigenvalue weighted by Crippen LogP contribution is -2.50. The molecule has 0 spiro atoms. The number of hydrogen-bond donors (Lipinski definition) is 1. The lowest BCUT2D eigenvalue weighted by molar-refractivity contribution is 0.00796. The molecule has 1 aliphatic rings. The molecule has 28 heavy (non-hydrogen) atoms. The molecule has 1 fully saturated rings. The first-order valence-electron chi connectivity index (χ1n) is 9.52. The van der Waals surface area contributed by atoms with Gasteiger partial charge in [-0.2, -0.15) is 5.10 Å². The van der Waals surface area contributed by atoms with Gasteiger partial charge in [0, 0.05) is 19.0 Å². The van der Waals surface area contributed by atoms with Gasteiger partial charge in [0.1, 0.15) is 18.0 Å². The molecule has 4 rings (SSSR count). The number of carbonyl (C=O) groups is 1. The number of carbonyl (C=O) groups excluding carboxylic acids is 1. The minimum Gasteiger partial charge on any atom is -0.488 e. The van der Waals surface area contributed by atoms with Gasteiger partial charge < -0.3 is 14.4 Å². The van der Waals surface area contributed by atoms with Crippen molar-refractivity contribution in [2.75, 3.05) is 13.1 Å². The molecule has 0 bridgehead atoms. The number of fused-ring (bicyclic) bond motifs is 1. The fourth-order valence-electron chi connectivity index (χ4n) is 3.35. The number of benzene rings is 2. The van der Waals surface area contributed by atoms with E-state index in [1.165, 1.54) is 0 Å². The molecule has 1 N–H and O–H groups in total. The molecule has 0 atom stereocenters. The maximum atomic E-state index is 12.2. The fourth-order valence-corrected chi connectivity index (χ4v) is 3.35. The number of H-pyrrole nitrogens is 1. The van der Waals surface area contributed by atoms with Crippen molar-refractivity contribution < 1.29 is 14.3 Å². The number of aromatic amines is 1. The quantitative estimate of drug-likeness (QED) is 0.726. The number of amides is 1. The summed E-state index contributed by atoms with van der Waals surface area (Å²) in [6.07, 6.45) is -0.270. The van der Waals surface area contributed by atoms with Crippen LogP contribution in [-0.4, -0.2) is 39.9 Å². The largest absolute Gasteiger partial charge is 0.488 e. The average Bonchev–Trinajstić information content (AvgIpc) is 3.02. The van der Waals surface area contributed by atoms with E-state index in [1.807, 2.05) is 69.3 Å². The summed E-state index contributed by atoms with van der Waals surface area (Å²) < 4.78 is 11.5. The molecule has 2 aromatic carbocycles. The Morgan fingerprint density at radius 2 is 1.89 bits per heavy atom. The highest BCUT2D eigenvalue weighted by Gasteiger charge is 2.36. The van der Waals surface area contributed by atoms with Crippen molar-refractivity contribution in [3.8, 4) is 5.75 Å². The van der Waals surface area contributed by atoms with Crippen LogP contribution in [0.1, 0.15) is 37.9 Å². The Morgan fingerprint density at radius 3 is 2.61 bits per heavy atom. The van der Waals surface area contributed by atoms with Crippen LogP contribution in [0.3, 0.4) is 0 Å². The predicted molar refractivity (Wildman–Crippen MR) is 107 cm³/mol. The standard InChI is InChI=1S/C22H25N3O3/c1-22(2,3)28-21(26)25-12-16(13-25)20-19-17(23-24-20)10-7-11-18(19)27-14-15-8-5-4-6-9-15/h4-11,16H,12-14H2,1-3H3,(H,23,24). The molecule has 6 nitrogen and oxygen atoms in total. The Morgan fingerprint density at radius 1 is 1.14 bits per heavy atom. The SMILES string of the molecule is CC(C)(C)OC(=O)N1CC(c2[nH]nc3cccc(OCc4ccccc4)c23)C1. The number of hydrogen-bond acceptors (Lipinski definition) is 4. The third-order valence-corrected chi connectivity index (χ3v) is 4.75. The minimum atomic E-state index is -0.485. The molecule has 146 valence electrons. The molecule has 6 heteroatoms. The van der Waals surface area contributed by atoms with E-state index in [9.17, 15) is 4.79 Å². The Labute approximate surface area is 164 Å². The van der Waals surface area contributed by atoms with E-state index >= 15 is 0 Å². The topological polar surface area (TPSA) is 67.5 Å². The Kier molecular flexibility index (Phi) is 4.71. The van der Waals surface area contributed by atoms with Crippen LogP contribution < -0.4 is 4.74 Å². The smallest absolute Gasteiger partial charge is 0.410 e. The number of aromatic nitrogens is 2. The zero-order chi connectivity index (χ0) is 19.7. The van der Waals surface area contributed by atoms with Gasteiger partial charge in [0.2, 0.25) is 0 Å². The van der Waals surface area contributed by atoms with Gasteiger partial charge >= 0.3 is 6.09 Å². The second-order valence-corrected chi connectivity index (χ2v) is 8.14. The Hall–Kier alpha value is -3.02. The van der Waals surface area contributed by atoms with Crippen molar-refractivity contribution in [2.24, 2.45) is 0 Å². The summed E-state index contributed by atoms with van der Waals surface area (Å²) in [5.41, 5.74) is 2.51. The van der Waals surface area contributed by atoms with E-state index in [4.69, 9.17) is 9.47 Å². The van der Waals surface area contributed by atoms with Crippen LogP contribution in [0, 0.1) is 0 Å². The predicted octanol–water partition coefficient (Wildman–Crippen LogP) is 4.48. The van der Waals surface area contributed by atoms with Gasteiger partial charge in [-0.25, -0.2) is 4.79 Å². The van der Waals surface area contributed by atoms with Crippen LogP contribution in [0.5, 0.6) is 5.75 Å². The lowest BCUT2D eigenvalue weighted by Gasteiger charge is -2.39.